The van der Waals surface area contributed by atoms with Crippen LogP contribution in [0.5, 0.6) is 0 Å². The first-order valence-corrected chi connectivity index (χ1v) is 14.9. The lowest BCUT2D eigenvalue weighted by Crippen LogP contribution is -2.18. The molecule has 4 rings (SSSR count). The smallest absolute Gasteiger partial charge is 0.277 e. The van der Waals surface area contributed by atoms with Gasteiger partial charge in [0.05, 0.1) is 31.7 Å². The molecule has 0 saturated heterocycles. The Balaban J connectivity index is 1.85. The van der Waals surface area contributed by atoms with Gasteiger partial charge >= 0.3 is 12.4 Å². The molecule has 0 aliphatic rings. The summed E-state index contributed by atoms with van der Waals surface area (Å²) < 4.78 is 136. The van der Waals surface area contributed by atoms with Crippen LogP contribution >= 0.6 is 22.9 Å². The Hall–Kier alpha value is -3.27. The van der Waals surface area contributed by atoms with Gasteiger partial charge in [0.15, 0.2) is 0 Å². The molecule has 0 saturated carbocycles. The quantitative estimate of drug-likeness (QED) is 0.203. The second-order valence-electron chi connectivity index (χ2n) is 8.10. The van der Waals surface area contributed by atoms with Gasteiger partial charge < -0.3 is 0 Å². The van der Waals surface area contributed by atoms with E-state index in [0.29, 0.717) is 23.5 Å². The Kier molecular flexibility index (Phi) is 7.88. The van der Waals surface area contributed by atoms with E-state index in [2.05, 4.69) is 4.72 Å². The lowest BCUT2D eigenvalue weighted by atomic mass is 9.98. The first-order valence-electron chi connectivity index (χ1n) is 10.8. The van der Waals surface area contributed by atoms with Crippen molar-refractivity contribution in [1.82, 2.24) is 0 Å². The maximum atomic E-state index is 13.6. The summed E-state index contributed by atoms with van der Waals surface area (Å²) in [5, 5.41) is 0. The van der Waals surface area contributed by atoms with Gasteiger partial charge in [0, 0.05) is 0 Å². The average Bonchev–Trinajstić information content (AvgIpc) is 3.31. The fraction of sp³-hybridized carbons (Fsp3) is 0.0833. The number of nitrogens with one attached hydrogen (secondary N) is 2. The first-order chi connectivity index (χ1) is 18.5. The second kappa shape index (κ2) is 10.6. The molecule has 0 bridgehead atoms. The zero-order valence-corrected chi connectivity index (χ0v) is 22.7. The van der Waals surface area contributed by atoms with E-state index >= 15 is 0 Å². The maximum Gasteiger partial charge on any atom is 0.417 e. The molecule has 0 aliphatic heterocycles. The highest BCUT2D eigenvalue weighted by atomic mass is 35.5. The average molecular weight is 641 g/mol. The highest BCUT2D eigenvalue weighted by molar-refractivity contribution is 7.94. The Bertz CT molecular complexity index is 1790. The van der Waals surface area contributed by atoms with E-state index < -0.39 is 59.8 Å². The van der Waals surface area contributed by atoms with E-state index in [1.165, 1.54) is 18.2 Å². The molecular formula is C24H15ClF6N2O4S3. The number of anilines is 2. The molecule has 16 heteroatoms. The summed E-state index contributed by atoms with van der Waals surface area (Å²) in [7, 11) is -9.15. The third kappa shape index (κ3) is 6.54. The number of thiophene rings is 1. The Morgan fingerprint density at radius 1 is 0.675 bits per heavy atom. The first kappa shape index (κ1) is 29.7. The van der Waals surface area contributed by atoms with E-state index in [0.717, 1.165) is 48.5 Å². The number of hydrogen-bond donors (Lipinski definition) is 2. The van der Waals surface area contributed by atoms with Crippen LogP contribution in [0.25, 0.3) is 11.1 Å². The summed E-state index contributed by atoms with van der Waals surface area (Å²) in [5.41, 5.74) is -3.78. The van der Waals surface area contributed by atoms with Crippen molar-refractivity contribution in [2.45, 2.75) is 21.5 Å². The van der Waals surface area contributed by atoms with Crippen LogP contribution in [0, 0.1) is 0 Å². The van der Waals surface area contributed by atoms with E-state index in [4.69, 9.17) is 11.6 Å². The van der Waals surface area contributed by atoms with E-state index in [1.54, 1.807) is 0 Å². The Morgan fingerprint density at radius 2 is 1.35 bits per heavy atom. The summed E-state index contributed by atoms with van der Waals surface area (Å²) in [4.78, 5) is -0.817. The van der Waals surface area contributed by atoms with Crippen LogP contribution in [0.15, 0.2) is 88.0 Å². The van der Waals surface area contributed by atoms with Gasteiger partial charge in [0.1, 0.15) is 4.21 Å². The molecule has 0 atom stereocenters. The van der Waals surface area contributed by atoms with E-state index in [1.807, 2.05) is 4.72 Å². The zero-order valence-electron chi connectivity index (χ0n) is 19.5. The van der Waals surface area contributed by atoms with E-state index in [-0.39, 0.29) is 19.7 Å². The van der Waals surface area contributed by atoms with Crippen LogP contribution in [0.3, 0.4) is 0 Å². The molecule has 0 radical (unpaired) electrons. The van der Waals surface area contributed by atoms with Crippen molar-refractivity contribution in [2.24, 2.45) is 0 Å². The zero-order chi connectivity index (χ0) is 29.5. The molecule has 0 aliphatic carbocycles. The lowest BCUT2D eigenvalue weighted by molar-refractivity contribution is -0.138. The molecule has 212 valence electrons. The molecule has 1 aromatic heterocycles. The Morgan fingerprint density at radius 3 is 1.98 bits per heavy atom. The molecule has 3 aromatic carbocycles. The third-order valence-corrected chi connectivity index (χ3v) is 9.79. The normalized spacial score (nSPS) is 12.8. The van der Waals surface area contributed by atoms with Crippen molar-refractivity contribution in [1.29, 1.82) is 0 Å². The highest BCUT2D eigenvalue weighted by Crippen LogP contribution is 2.40. The molecule has 2 N–H and O–H groups in total. The minimum Gasteiger partial charge on any atom is -0.277 e. The number of hydrogen-bond acceptors (Lipinski definition) is 5. The number of rotatable bonds is 7. The van der Waals surface area contributed by atoms with Gasteiger partial charge in [-0.3, -0.25) is 9.44 Å². The van der Waals surface area contributed by atoms with E-state index in [9.17, 15) is 43.2 Å². The van der Waals surface area contributed by atoms with Gasteiger partial charge in [0.2, 0.25) is 0 Å². The standard InChI is InChI=1S/C24H15ClF6N2O4S3/c25-21-10-11-22(38-21)40(36,37)32-19-9-8-14(17-6-1-2-7-18(17)24(29,30)31)12-20(19)33-39(34,35)16-5-3-4-15(13-16)23(26,27)28/h1-13,32-33H. The second-order valence-corrected chi connectivity index (χ2v) is 13.4. The molecule has 0 amide bonds. The largest absolute Gasteiger partial charge is 0.417 e. The monoisotopic (exact) mass is 640 g/mol. The maximum absolute atomic E-state index is 13.6. The summed E-state index contributed by atoms with van der Waals surface area (Å²) in [5.74, 6) is 0. The molecule has 6 nitrogen and oxygen atoms in total. The Labute approximate surface area is 233 Å². The van der Waals surface area contributed by atoms with Gasteiger partial charge in [-0.1, -0.05) is 41.9 Å². The van der Waals surface area contributed by atoms with Crippen LogP contribution in [0.1, 0.15) is 11.1 Å². The topological polar surface area (TPSA) is 92.3 Å². The molecule has 4 aromatic rings. The summed E-state index contributed by atoms with van der Waals surface area (Å²) in [6.45, 7) is 0. The van der Waals surface area contributed by atoms with Crippen LogP contribution in [-0.2, 0) is 32.4 Å². The summed E-state index contributed by atoms with van der Waals surface area (Å²) in [6.07, 6.45) is -9.65. The lowest BCUT2D eigenvalue weighted by Gasteiger charge is -2.18. The van der Waals surface area contributed by atoms with Crippen molar-refractivity contribution < 1.29 is 43.2 Å². The van der Waals surface area contributed by atoms with Crippen molar-refractivity contribution >= 4 is 54.4 Å². The van der Waals surface area contributed by atoms with Gasteiger partial charge in [-0.05, 0) is 59.7 Å². The van der Waals surface area contributed by atoms with Gasteiger partial charge in [-0.2, -0.15) is 26.3 Å². The van der Waals surface area contributed by atoms with Crippen LogP contribution in [0.4, 0.5) is 37.7 Å². The fourth-order valence-corrected chi connectivity index (χ4v) is 7.23. The molecule has 1 heterocycles. The summed E-state index contributed by atoms with van der Waals surface area (Å²) in [6, 6.07) is 12.7. The highest BCUT2D eigenvalue weighted by Gasteiger charge is 2.34. The van der Waals surface area contributed by atoms with Crippen molar-refractivity contribution in [3.8, 4) is 11.1 Å². The molecule has 0 fully saturated rings. The minimum atomic E-state index is -4.87. The SMILES string of the molecule is O=S(=O)(Nc1cc(-c2ccccc2C(F)(F)F)ccc1NS(=O)(=O)c1ccc(Cl)s1)c1cccc(C(F)(F)F)c1. The third-order valence-electron chi connectivity index (χ3n) is 5.34. The number of sulfonamides is 2. The predicted octanol–water partition coefficient (Wildman–Crippen LogP) is 7.71. The molecule has 0 spiro atoms. The number of halogens is 7. The summed E-state index contributed by atoms with van der Waals surface area (Å²) >= 11 is 6.49. The molecule has 40 heavy (non-hydrogen) atoms. The van der Waals surface area contributed by atoms with Crippen molar-refractivity contribution in [3.05, 3.63) is 94.3 Å². The minimum absolute atomic E-state index is 0.130. The van der Waals surface area contributed by atoms with Crippen LogP contribution < -0.4 is 9.44 Å². The number of alkyl halides is 6. The number of benzene rings is 3. The van der Waals surface area contributed by atoms with Gasteiger partial charge in [-0.15, -0.1) is 11.3 Å². The van der Waals surface area contributed by atoms with Gasteiger partial charge in [-0.25, -0.2) is 16.8 Å². The predicted molar refractivity (Wildman–Crippen MR) is 139 cm³/mol. The fourth-order valence-electron chi connectivity index (χ4n) is 3.55. The van der Waals surface area contributed by atoms with Gasteiger partial charge in [0.25, 0.3) is 20.0 Å². The van der Waals surface area contributed by atoms with Crippen LogP contribution in [-0.4, -0.2) is 16.8 Å². The van der Waals surface area contributed by atoms with Crippen molar-refractivity contribution in [2.75, 3.05) is 9.44 Å². The molecule has 0 unspecified atom stereocenters. The molecular weight excluding hydrogens is 626 g/mol. The van der Waals surface area contributed by atoms with Crippen LogP contribution in [0.2, 0.25) is 4.34 Å². The van der Waals surface area contributed by atoms with Crippen molar-refractivity contribution in [3.63, 3.8) is 0 Å².